The molecule has 0 spiro atoms. The number of hydrogen-bond acceptors (Lipinski definition) is 0. The van der Waals surface area contributed by atoms with E-state index >= 15 is 0 Å². The average molecular weight is 170 g/mol. The lowest BCUT2D eigenvalue weighted by Gasteiger charge is -1.91. The minimum atomic E-state index is 0. The Bertz CT molecular complexity index is 123. The zero-order valence-corrected chi connectivity index (χ0v) is 9.35. The third-order valence-electron chi connectivity index (χ3n) is 1.46. The Morgan fingerprint density at radius 3 is 2.33 bits per heavy atom. The van der Waals surface area contributed by atoms with Crippen LogP contribution >= 0.6 is 0 Å². The fourth-order valence-corrected chi connectivity index (χ4v) is 0.911. The molecule has 0 heteroatoms. The van der Waals surface area contributed by atoms with Crippen LogP contribution in [-0.4, -0.2) is 0 Å². The van der Waals surface area contributed by atoms with Crippen LogP contribution in [0.3, 0.4) is 0 Å². The van der Waals surface area contributed by atoms with E-state index < -0.39 is 0 Å². The third kappa shape index (κ3) is 9.48. The summed E-state index contributed by atoms with van der Waals surface area (Å²) in [5.41, 5.74) is 1.51. The maximum Gasteiger partial charge on any atom is 0 e. The fourth-order valence-electron chi connectivity index (χ4n) is 0.911. The second-order valence-corrected chi connectivity index (χ2v) is 2.33. The van der Waals surface area contributed by atoms with Crippen LogP contribution < -0.4 is 0 Å². The normalized spacial score (nSPS) is 14.2. The van der Waals surface area contributed by atoms with Gasteiger partial charge in [-0.15, -0.1) is 0 Å². The van der Waals surface area contributed by atoms with E-state index in [4.69, 9.17) is 0 Å². The zero-order valence-electron chi connectivity index (χ0n) is 9.35. The lowest BCUT2D eigenvalue weighted by Crippen LogP contribution is -1.71. The third-order valence-corrected chi connectivity index (χ3v) is 1.46. The Morgan fingerprint density at radius 2 is 1.75 bits per heavy atom. The molecule has 0 atom stereocenters. The Hall–Kier alpha value is -0.520. The summed E-state index contributed by atoms with van der Waals surface area (Å²) in [5, 5.41) is 0. The van der Waals surface area contributed by atoms with Crippen LogP contribution in [0.5, 0.6) is 0 Å². The van der Waals surface area contributed by atoms with Crippen molar-refractivity contribution in [2.45, 2.75) is 53.9 Å². The molecule has 0 aromatic rings. The molecule has 0 fully saturated rings. The van der Waals surface area contributed by atoms with Crippen molar-refractivity contribution in [3.8, 4) is 0 Å². The van der Waals surface area contributed by atoms with E-state index in [-0.39, 0.29) is 1.43 Å². The molecule has 0 nitrogen and oxygen atoms in total. The molecule has 0 unspecified atom stereocenters. The molecule has 0 aromatic heterocycles. The molecule has 1 rings (SSSR count). The van der Waals surface area contributed by atoms with Crippen LogP contribution in [-0.2, 0) is 0 Å². The monoisotopic (exact) mass is 170 g/mol. The molecule has 0 aliphatic heterocycles. The first-order valence-electron chi connectivity index (χ1n) is 5.22. The highest BCUT2D eigenvalue weighted by molar-refractivity contribution is 5.12. The van der Waals surface area contributed by atoms with E-state index in [1.165, 1.54) is 24.8 Å². The molecule has 0 radical (unpaired) electrons. The predicted molar refractivity (Wildman–Crippen MR) is 61.6 cm³/mol. The minimum absolute atomic E-state index is 0. The fraction of sp³-hybridized carbons (Fsp3) is 0.667. The molecule has 1 aliphatic carbocycles. The van der Waals surface area contributed by atoms with Gasteiger partial charge < -0.3 is 0 Å². The first-order chi connectivity index (χ1) is 5.89. The van der Waals surface area contributed by atoms with Gasteiger partial charge in [-0.05, 0) is 26.2 Å². The minimum Gasteiger partial charge on any atom is -0.0845 e. The summed E-state index contributed by atoms with van der Waals surface area (Å²) in [4.78, 5) is 0. The summed E-state index contributed by atoms with van der Waals surface area (Å²) in [6, 6.07) is 0. The van der Waals surface area contributed by atoms with Crippen molar-refractivity contribution < 1.29 is 1.43 Å². The van der Waals surface area contributed by atoms with Crippen molar-refractivity contribution in [2.75, 3.05) is 0 Å². The second kappa shape index (κ2) is 13.1. The van der Waals surface area contributed by atoms with Crippen molar-refractivity contribution >= 4 is 0 Å². The van der Waals surface area contributed by atoms with Gasteiger partial charge in [0.1, 0.15) is 0 Å². The standard InChI is InChI=1S/C8H12.2C2H6.H2/c1-8-6-4-2-3-5-7-8;2*1-2;/h2,4,6H,3,5,7H2,1H3;2*1-2H3;1H. The van der Waals surface area contributed by atoms with Crippen LogP contribution in [0, 0.1) is 0 Å². The SMILES string of the molecule is CC.CC.CC1=CC=CCCC1.[HH]. The first-order valence-corrected chi connectivity index (χ1v) is 5.22. The van der Waals surface area contributed by atoms with Gasteiger partial charge in [-0.2, -0.15) is 0 Å². The largest absolute Gasteiger partial charge is 0.0845 e. The highest BCUT2D eigenvalue weighted by Gasteiger charge is 1.90. The van der Waals surface area contributed by atoms with Crippen LogP contribution in [0.15, 0.2) is 23.8 Å². The summed E-state index contributed by atoms with van der Waals surface area (Å²) in [7, 11) is 0. The van der Waals surface area contributed by atoms with Gasteiger partial charge in [0, 0.05) is 1.43 Å². The molecule has 0 amide bonds. The van der Waals surface area contributed by atoms with Crippen LogP contribution in [0.2, 0.25) is 0 Å². The van der Waals surface area contributed by atoms with E-state index in [2.05, 4.69) is 25.2 Å². The summed E-state index contributed by atoms with van der Waals surface area (Å²) in [6.07, 6.45) is 10.5. The average Bonchev–Trinajstić information content (AvgIpc) is 2.40. The van der Waals surface area contributed by atoms with Gasteiger partial charge in [0.05, 0.1) is 0 Å². The lowest BCUT2D eigenvalue weighted by molar-refractivity contribution is 0.841. The summed E-state index contributed by atoms with van der Waals surface area (Å²) in [6.45, 7) is 10.2. The van der Waals surface area contributed by atoms with Gasteiger partial charge in [0.2, 0.25) is 0 Å². The molecular formula is C12H26. The maximum absolute atomic E-state index is 2.23. The molecule has 0 aromatic carbocycles. The molecule has 74 valence electrons. The summed E-state index contributed by atoms with van der Waals surface area (Å²) in [5.74, 6) is 0. The number of hydrogen-bond donors (Lipinski definition) is 0. The lowest BCUT2D eigenvalue weighted by atomic mass is 10.1. The van der Waals surface area contributed by atoms with Crippen molar-refractivity contribution in [3.05, 3.63) is 23.8 Å². The Morgan fingerprint density at radius 1 is 1.17 bits per heavy atom. The highest BCUT2D eigenvalue weighted by atomic mass is 14.0. The second-order valence-electron chi connectivity index (χ2n) is 2.33. The zero-order chi connectivity index (χ0) is 9.82. The van der Waals surface area contributed by atoms with Gasteiger partial charge in [0.15, 0.2) is 0 Å². The highest BCUT2D eigenvalue weighted by Crippen LogP contribution is 2.10. The molecule has 12 heavy (non-hydrogen) atoms. The molecule has 0 bridgehead atoms. The Labute approximate surface area is 79.9 Å². The van der Waals surface area contributed by atoms with E-state index in [0.29, 0.717) is 0 Å². The quantitative estimate of drug-likeness (QED) is 0.481. The summed E-state index contributed by atoms with van der Waals surface area (Å²) < 4.78 is 0. The molecular weight excluding hydrogens is 144 g/mol. The number of rotatable bonds is 0. The smallest absolute Gasteiger partial charge is 0 e. The van der Waals surface area contributed by atoms with Gasteiger partial charge in [0.25, 0.3) is 0 Å². The van der Waals surface area contributed by atoms with Crippen molar-refractivity contribution in [2.24, 2.45) is 0 Å². The Kier molecular flexibility index (Phi) is 15.3. The van der Waals surface area contributed by atoms with Gasteiger partial charge >= 0.3 is 0 Å². The van der Waals surface area contributed by atoms with E-state index in [1.54, 1.807) is 0 Å². The molecule has 1 aliphatic rings. The van der Waals surface area contributed by atoms with Gasteiger partial charge in [-0.3, -0.25) is 0 Å². The molecule has 0 saturated heterocycles. The Balaban J connectivity index is -0.000000178. The molecule has 0 heterocycles. The van der Waals surface area contributed by atoms with Gasteiger partial charge in [-0.25, -0.2) is 0 Å². The topological polar surface area (TPSA) is 0 Å². The number of allylic oxidation sites excluding steroid dienone is 4. The van der Waals surface area contributed by atoms with Gasteiger partial charge in [-0.1, -0.05) is 51.5 Å². The van der Waals surface area contributed by atoms with Crippen LogP contribution in [0.1, 0.15) is 55.3 Å². The van der Waals surface area contributed by atoms with Crippen LogP contribution in [0.25, 0.3) is 0 Å². The molecule has 0 N–H and O–H groups in total. The molecule has 0 saturated carbocycles. The van der Waals surface area contributed by atoms with E-state index in [0.717, 1.165) is 0 Å². The van der Waals surface area contributed by atoms with Crippen molar-refractivity contribution in [1.29, 1.82) is 0 Å². The maximum atomic E-state index is 2.23. The van der Waals surface area contributed by atoms with E-state index in [1.807, 2.05) is 27.7 Å². The van der Waals surface area contributed by atoms with Crippen LogP contribution in [0.4, 0.5) is 0 Å². The van der Waals surface area contributed by atoms with E-state index in [9.17, 15) is 0 Å². The van der Waals surface area contributed by atoms with Crippen molar-refractivity contribution in [3.63, 3.8) is 0 Å². The first kappa shape index (κ1) is 14.0. The predicted octanol–water partition coefficient (Wildman–Crippen LogP) is 4.97. The summed E-state index contributed by atoms with van der Waals surface area (Å²) >= 11 is 0. The van der Waals surface area contributed by atoms with Crippen molar-refractivity contribution in [1.82, 2.24) is 0 Å².